The Labute approximate surface area is 127 Å². The molecule has 1 aliphatic heterocycles. The summed E-state index contributed by atoms with van der Waals surface area (Å²) in [6.45, 7) is 8.81. The van der Waals surface area contributed by atoms with Crippen molar-refractivity contribution in [3.8, 4) is 0 Å². The second-order valence-corrected chi connectivity index (χ2v) is 6.34. The number of piperidine rings is 1. The van der Waals surface area contributed by atoms with Crippen molar-refractivity contribution in [2.45, 2.75) is 26.7 Å². The molecule has 0 aliphatic carbocycles. The van der Waals surface area contributed by atoms with E-state index in [1.54, 1.807) is 0 Å². The van der Waals surface area contributed by atoms with E-state index in [9.17, 15) is 4.79 Å². The molecule has 116 valence electrons. The van der Waals surface area contributed by atoms with Gasteiger partial charge in [-0.2, -0.15) is 0 Å². The summed E-state index contributed by atoms with van der Waals surface area (Å²) in [6, 6.07) is 9.45. The van der Waals surface area contributed by atoms with Crippen molar-refractivity contribution in [2.75, 3.05) is 31.5 Å². The number of hydrogen-bond donors (Lipinski definition) is 2. The van der Waals surface area contributed by atoms with Gasteiger partial charge in [-0.1, -0.05) is 32.0 Å². The van der Waals surface area contributed by atoms with E-state index < -0.39 is 0 Å². The van der Waals surface area contributed by atoms with Gasteiger partial charge < -0.3 is 15.5 Å². The third-order valence-electron chi connectivity index (χ3n) is 3.91. The summed E-state index contributed by atoms with van der Waals surface area (Å²) in [5, 5.41) is 5.84. The zero-order chi connectivity index (χ0) is 15.1. The minimum atomic E-state index is -0.106. The average molecular weight is 289 g/mol. The molecule has 1 saturated heterocycles. The highest BCUT2D eigenvalue weighted by atomic mass is 16.2. The number of hydrogen-bond acceptors (Lipinski definition) is 2. The molecular weight excluding hydrogens is 262 g/mol. The molecule has 0 bridgehead atoms. The molecule has 0 unspecified atom stereocenters. The molecule has 1 aliphatic rings. The monoisotopic (exact) mass is 289 g/mol. The first-order chi connectivity index (χ1) is 10.1. The van der Waals surface area contributed by atoms with E-state index in [0.29, 0.717) is 5.92 Å². The Balaban J connectivity index is 1.64. The SMILES string of the molecule is CC(C)CN1CCC(CNC(=O)Nc2ccccc2)CC1. The summed E-state index contributed by atoms with van der Waals surface area (Å²) >= 11 is 0. The summed E-state index contributed by atoms with van der Waals surface area (Å²) in [4.78, 5) is 14.4. The number of nitrogens with one attached hydrogen (secondary N) is 2. The second-order valence-electron chi connectivity index (χ2n) is 6.34. The summed E-state index contributed by atoms with van der Waals surface area (Å²) in [5.41, 5.74) is 0.835. The highest BCUT2D eigenvalue weighted by Gasteiger charge is 2.19. The van der Waals surface area contributed by atoms with Gasteiger partial charge in [-0.3, -0.25) is 0 Å². The standard InChI is InChI=1S/C17H27N3O/c1-14(2)13-20-10-8-15(9-11-20)12-18-17(21)19-16-6-4-3-5-7-16/h3-7,14-15H,8-13H2,1-2H3,(H2,18,19,21). The average Bonchev–Trinajstić information content (AvgIpc) is 2.47. The van der Waals surface area contributed by atoms with Gasteiger partial charge in [0.1, 0.15) is 0 Å². The zero-order valence-corrected chi connectivity index (χ0v) is 13.1. The van der Waals surface area contributed by atoms with Crippen LogP contribution < -0.4 is 10.6 Å². The van der Waals surface area contributed by atoms with E-state index in [1.165, 1.54) is 19.4 Å². The Morgan fingerprint density at radius 1 is 1.24 bits per heavy atom. The lowest BCUT2D eigenvalue weighted by Crippen LogP contribution is -2.40. The first kappa shape index (κ1) is 15.8. The molecule has 1 aromatic carbocycles. The third kappa shape index (κ3) is 5.76. The van der Waals surface area contributed by atoms with Crippen LogP contribution in [0.1, 0.15) is 26.7 Å². The van der Waals surface area contributed by atoms with Gasteiger partial charge in [-0.15, -0.1) is 0 Å². The molecule has 2 rings (SSSR count). The van der Waals surface area contributed by atoms with E-state index in [0.717, 1.165) is 31.2 Å². The number of benzene rings is 1. The van der Waals surface area contributed by atoms with Gasteiger partial charge in [-0.25, -0.2) is 4.79 Å². The molecule has 2 amide bonds. The van der Waals surface area contributed by atoms with Crippen LogP contribution in [0.4, 0.5) is 10.5 Å². The number of carbonyl (C=O) groups excluding carboxylic acids is 1. The number of para-hydroxylation sites is 1. The van der Waals surface area contributed by atoms with Crippen molar-refractivity contribution >= 4 is 11.7 Å². The summed E-state index contributed by atoms with van der Waals surface area (Å²) in [5.74, 6) is 1.34. The van der Waals surface area contributed by atoms with Crippen LogP contribution in [-0.2, 0) is 0 Å². The minimum absolute atomic E-state index is 0.106. The molecule has 4 nitrogen and oxygen atoms in total. The van der Waals surface area contributed by atoms with E-state index in [4.69, 9.17) is 0 Å². The highest BCUT2D eigenvalue weighted by Crippen LogP contribution is 2.17. The minimum Gasteiger partial charge on any atom is -0.338 e. The first-order valence-electron chi connectivity index (χ1n) is 7.95. The van der Waals surface area contributed by atoms with Crippen molar-refractivity contribution in [3.05, 3.63) is 30.3 Å². The van der Waals surface area contributed by atoms with E-state index >= 15 is 0 Å². The van der Waals surface area contributed by atoms with E-state index in [-0.39, 0.29) is 6.03 Å². The molecule has 1 heterocycles. The quantitative estimate of drug-likeness (QED) is 0.874. The van der Waals surface area contributed by atoms with Crippen LogP contribution >= 0.6 is 0 Å². The maximum atomic E-state index is 11.8. The first-order valence-corrected chi connectivity index (χ1v) is 7.95. The van der Waals surface area contributed by atoms with Gasteiger partial charge >= 0.3 is 6.03 Å². The molecule has 0 saturated carbocycles. The number of nitrogens with zero attached hydrogens (tertiary/aromatic N) is 1. The van der Waals surface area contributed by atoms with Crippen LogP contribution in [0, 0.1) is 11.8 Å². The smallest absolute Gasteiger partial charge is 0.319 e. The number of anilines is 1. The molecule has 1 fully saturated rings. The lowest BCUT2D eigenvalue weighted by atomic mass is 9.96. The molecule has 4 heteroatoms. The van der Waals surface area contributed by atoms with Crippen LogP contribution in [0.3, 0.4) is 0 Å². The molecule has 0 aromatic heterocycles. The van der Waals surface area contributed by atoms with Crippen molar-refractivity contribution in [1.29, 1.82) is 0 Å². The Morgan fingerprint density at radius 2 is 1.90 bits per heavy atom. The fourth-order valence-corrected chi connectivity index (χ4v) is 2.82. The largest absolute Gasteiger partial charge is 0.338 e. The molecule has 0 spiro atoms. The molecule has 0 radical (unpaired) electrons. The number of rotatable bonds is 5. The Kier molecular flexibility index (Phi) is 6.05. The predicted octanol–water partition coefficient (Wildman–Crippen LogP) is 3.18. The van der Waals surface area contributed by atoms with Crippen LogP contribution in [0.15, 0.2) is 30.3 Å². The van der Waals surface area contributed by atoms with Gasteiger partial charge in [0.25, 0.3) is 0 Å². The van der Waals surface area contributed by atoms with E-state index in [1.807, 2.05) is 30.3 Å². The number of amides is 2. The Morgan fingerprint density at radius 3 is 2.52 bits per heavy atom. The van der Waals surface area contributed by atoms with Gasteiger partial charge in [0.2, 0.25) is 0 Å². The van der Waals surface area contributed by atoms with Crippen LogP contribution in [0.5, 0.6) is 0 Å². The van der Waals surface area contributed by atoms with Gasteiger partial charge in [0.15, 0.2) is 0 Å². The fourth-order valence-electron chi connectivity index (χ4n) is 2.82. The molecule has 1 aromatic rings. The zero-order valence-electron chi connectivity index (χ0n) is 13.1. The van der Waals surface area contributed by atoms with Gasteiger partial charge in [0, 0.05) is 18.8 Å². The lowest BCUT2D eigenvalue weighted by molar-refractivity contribution is 0.167. The highest BCUT2D eigenvalue weighted by molar-refractivity contribution is 5.89. The Hall–Kier alpha value is -1.55. The normalized spacial score (nSPS) is 16.9. The fraction of sp³-hybridized carbons (Fsp3) is 0.588. The number of urea groups is 1. The van der Waals surface area contributed by atoms with Crippen molar-refractivity contribution in [2.24, 2.45) is 11.8 Å². The maximum Gasteiger partial charge on any atom is 0.319 e. The lowest BCUT2D eigenvalue weighted by Gasteiger charge is -2.33. The molecule has 0 atom stereocenters. The summed E-state index contributed by atoms with van der Waals surface area (Å²) < 4.78 is 0. The van der Waals surface area contributed by atoms with Gasteiger partial charge in [0.05, 0.1) is 0 Å². The number of likely N-dealkylation sites (tertiary alicyclic amines) is 1. The van der Waals surface area contributed by atoms with Crippen LogP contribution in [0.2, 0.25) is 0 Å². The summed E-state index contributed by atoms with van der Waals surface area (Å²) in [7, 11) is 0. The van der Waals surface area contributed by atoms with Crippen LogP contribution in [0.25, 0.3) is 0 Å². The van der Waals surface area contributed by atoms with Crippen molar-refractivity contribution in [3.63, 3.8) is 0 Å². The second kappa shape index (κ2) is 8.03. The third-order valence-corrected chi connectivity index (χ3v) is 3.91. The summed E-state index contributed by atoms with van der Waals surface area (Å²) in [6.07, 6.45) is 2.36. The van der Waals surface area contributed by atoms with E-state index in [2.05, 4.69) is 29.4 Å². The molecule has 2 N–H and O–H groups in total. The number of carbonyl (C=O) groups is 1. The Bertz CT molecular complexity index is 425. The molecule has 21 heavy (non-hydrogen) atoms. The van der Waals surface area contributed by atoms with Crippen molar-refractivity contribution < 1.29 is 4.79 Å². The topological polar surface area (TPSA) is 44.4 Å². The van der Waals surface area contributed by atoms with Crippen molar-refractivity contribution in [1.82, 2.24) is 10.2 Å². The molecular formula is C17H27N3O. The predicted molar refractivity (Wildman–Crippen MR) is 87.5 cm³/mol. The van der Waals surface area contributed by atoms with Gasteiger partial charge in [-0.05, 0) is 49.9 Å². The van der Waals surface area contributed by atoms with Crippen LogP contribution in [-0.4, -0.2) is 37.1 Å². The maximum absolute atomic E-state index is 11.8.